The maximum absolute atomic E-state index is 12.9. The molecule has 1 aliphatic heterocycles. The minimum Gasteiger partial charge on any atom is -0.479 e. The minimum atomic E-state index is -2.93. The number of nitrogens with one attached hydrogen (secondary N) is 1. The number of likely N-dealkylation sites (tertiary alicyclic amines) is 1. The third-order valence-corrected chi connectivity index (χ3v) is 4.72. The topological polar surface area (TPSA) is 71.1 Å². The van der Waals surface area contributed by atoms with Gasteiger partial charge in [0, 0.05) is 31.8 Å². The number of H-pyrrole nitrogens is 1. The maximum Gasteiger partial charge on any atom is 0.279 e. The number of hydrogen-bond donors (Lipinski definition) is 1. The normalized spacial score (nSPS) is 16.9. The van der Waals surface area contributed by atoms with Gasteiger partial charge in [-0.1, -0.05) is 12.1 Å². The second kappa shape index (κ2) is 7.98. The van der Waals surface area contributed by atoms with Gasteiger partial charge in [-0.05, 0) is 24.6 Å². The van der Waals surface area contributed by atoms with Crippen molar-refractivity contribution in [2.75, 3.05) is 19.8 Å². The van der Waals surface area contributed by atoms with Crippen molar-refractivity contribution in [3.63, 3.8) is 0 Å². The Morgan fingerprint density at radius 3 is 2.63 bits per heavy atom. The lowest BCUT2D eigenvalue weighted by molar-refractivity contribution is -0.135. The first kappa shape index (κ1) is 19.2. The van der Waals surface area contributed by atoms with Crippen LogP contribution in [0.3, 0.4) is 0 Å². The smallest absolute Gasteiger partial charge is 0.279 e. The number of rotatable bonds is 8. The van der Waals surface area contributed by atoms with Gasteiger partial charge in [-0.25, -0.2) is 13.2 Å². The molecule has 146 valence electrons. The molecule has 1 aromatic carbocycles. The van der Waals surface area contributed by atoms with Gasteiger partial charge < -0.3 is 9.64 Å². The summed E-state index contributed by atoms with van der Waals surface area (Å²) < 4.78 is 43.8. The highest BCUT2D eigenvalue weighted by molar-refractivity contribution is 5.77. The molecule has 1 fully saturated rings. The highest BCUT2D eigenvalue weighted by atomic mass is 19.3. The Balaban J connectivity index is 1.48. The Kier molecular flexibility index (Phi) is 5.67. The molecule has 9 heteroatoms. The zero-order valence-corrected chi connectivity index (χ0v) is 14.9. The molecular formula is C18H21F3N4O2. The average molecular weight is 382 g/mol. The fourth-order valence-electron chi connectivity index (χ4n) is 2.84. The van der Waals surface area contributed by atoms with Crippen molar-refractivity contribution in [2.24, 2.45) is 0 Å². The van der Waals surface area contributed by atoms with E-state index in [9.17, 15) is 18.0 Å². The zero-order valence-electron chi connectivity index (χ0n) is 14.9. The number of alkyl halides is 3. The van der Waals surface area contributed by atoms with Gasteiger partial charge in [0.05, 0.1) is 11.9 Å². The zero-order chi connectivity index (χ0) is 19.4. The Morgan fingerprint density at radius 2 is 2.07 bits per heavy atom. The number of aromatic nitrogens is 3. The van der Waals surface area contributed by atoms with Gasteiger partial charge in [0.2, 0.25) is 5.91 Å². The van der Waals surface area contributed by atoms with Crippen LogP contribution in [0.5, 0.6) is 5.75 Å². The Morgan fingerprint density at radius 1 is 1.37 bits per heavy atom. The molecule has 0 radical (unpaired) electrons. The summed E-state index contributed by atoms with van der Waals surface area (Å²) in [6.07, 6.45) is -0.412. The van der Waals surface area contributed by atoms with E-state index in [0.717, 1.165) is 18.2 Å². The number of carbonyl (C=O) groups is 1. The molecule has 2 heterocycles. The van der Waals surface area contributed by atoms with Crippen LogP contribution in [0.15, 0.2) is 30.5 Å². The summed E-state index contributed by atoms with van der Waals surface area (Å²) in [7, 11) is 0. The van der Waals surface area contributed by atoms with Crippen molar-refractivity contribution < 1.29 is 22.7 Å². The van der Waals surface area contributed by atoms with Crippen LogP contribution in [-0.2, 0) is 11.2 Å². The van der Waals surface area contributed by atoms with Gasteiger partial charge in [0.25, 0.3) is 6.43 Å². The minimum absolute atomic E-state index is 0.0600. The number of carbonyl (C=O) groups excluding carboxylic acids is 1. The van der Waals surface area contributed by atoms with E-state index in [1.54, 1.807) is 35.4 Å². The first-order valence-corrected chi connectivity index (χ1v) is 8.67. The van der Waals surface area contributed by atoms with E-state index in [1.807, 2.05) is 0 Å². The molecule has 1 amide bonds. The first-order chi connectivity index (χ1) is 12.9. The van der Waals surface area contributed by atoms with Crippen LogP contribution in [0.4, 0.5) is 13.2 Å². The van der Waals surface area contributed by atoms with E-state index in [4.69, 9.17) is 4.74 Å². The quantitative estimate of drug-likeness (QED) is 0.762. The Hall–Kier alpha value is -2.58. The molecule has 2 aromatic rings. The SMILES string of the molecule is CC(CF)(Oc1ccc(C2CN(C(=O)CCc3cn[nH]n3)C2)cc1)C(F)F. The average Bonchev–Trinajstić information content (AvgIpc) is 3.13. The summed E-state index contributed by atoms with van der Waals surface area (Å²) in [4.78, 5) is 13.9. The lowest BCUT2D eigenvalue weighted by Crippen LogP contribution is -2.48. The van der Waals surface area contributed by atoms with Gasteiger partial charge in [-0.15, -0.1) is 0 Å². The van der Waals surface area contributed by atoms with E-state index in [1.165, 1.54) is 0 Å². The van der Waals surface area contributed by atoms with Crippen LogP contribution >= 0.6 is 0 Å². The second-order valence-corrected chi connectivity index (χ2v) is 6.88. The summed E-state index contributed by atoms with van der Waals surface area (Å²) in [6, 6.07) is 6.64. The molecule has 0 spiro atoms. The monoisotopic (exact) mass is 382 g/mol. The van der Waals surface area contributed by atoms with E-state index >= 15 is 0 Å². The van der Waals surface area contributed by atoms with Gasteiger partial charge >= 0.3 is 0 Å². The van der Waals surface area contributed by atoms with Crippen molar-refractivity contribution in [2.45, 2.75) is 37.7 Å². The van der Waals surface area contributed by atoms with Crippen LogP contribution in [0.25, 0.3) is 0 Å². The van der Waals surface area contributed by atoms with Gasteiger partial charge in [-0.2, -0.15) is 15.4 Å². The Bertz CT molecular complexity index is 748. The number of amides is 1. The summed E-state index contributed by atoms with van der Waals surface area (Å²) in [6.45, 7) is 0.981. The van der Waals surface area contributed by atoms with Crippen LogP contribution in [0.2, 0.25) is 0 Å². The third-order valence-electron chi connectivity index (χ3n) is 4.72. The first-order valence-electron chi connectivity index (χ1n) is 8.67. The largest absolute Gasteiger partial charge is 0.479 e. The highest BCUT2D eigenvalue weighted by Gasteiger charge is 2.38. The van der Waals surface area contributed by atoms with Crippen molar-refractivity contribution in [1.29, 1.82) is 0 Å². The molecule has 1 N–H and O–H groups in total. The molecule has 0 bridgehead atoms. The van der Waals surface area contributed by atoms with Crippen LogP contribution < -0.4 is 4.74 Å². The molecule has 3 rings (SSSR count). The molecule has 0 aliphatic carbocycles. The summed E-state index contributed by atoms with van der Waals surface area (Å²) in [5.74, 6) is 0.446. The van der Waals surface area contributed by atoms with E-state index in [-0.39, 0.29) is 17.6 Å². The number of ether oxygens (including phenoxy) is 1. The lowest BCUT2D eigenvalue weighted by atomic mass is 9.91. The second-order valence-electron chi connectivity index (χ2n) is 6.88. The summed E-state index contributed by atoms with van der Waals surface area (Å²) in [5.41, 5.74) is -0.410. The molecule has 1 atom stereocenters. The number of aryl methyl sites for hydroxylation is 1. The van der Waals surface area contributed by atoms with Gasteiger partial charge in [0.15, 0.2) is 5.60 Å². The molecule has 1 unspecified atom stereocenters. The fraction of sp³-hybridized carbons (Fsp3) is 0.500. The summed E-state index contributed by atoms with van der Waals surface area (Å²) >= 11 is 0. The van der Waals surface area contributed by atoms with Gasteiger partial charge in [0.1, 0.15) is 12.4 Å². The number of benzene rings is 1. The van der Waals surface area contributed by atoms with Gasteiger partial charge in [-0.3, -0.25) is 4.79 Å². The summed E-state index contributed by atoms with van der Waals surface area (Å²) in [5, 5.41) is 10.1. The van der Waals surface area contributed by atoms with Crippen molar-refractivity contribution in [1.82, 2.24) is 20.3 Å². The predicted octanol–water partition coefficient (Wildman–Crippen LogP) is 2.74. The Labute approximate surface area is 154 Å². The highest BCUT2D eigenvalue weighted by Crippen LogP contribution is 2.30. The molecule has 1 saturated heterocycles. The molecule has 27 heavy (non-hydrogen) atoms. The standard InChI is InChI=1S/C18H21F3N4O2/c1-18(11-19,17(20)21)27-15-5-2-12(3-6-15)13-9-25(10-13)16(26)7-4-14-8-22-24-23-14/h2-3,5-6,8,13,17H,4,7,9-11H2,1H3,(H,22,23,24). The molecule has 1 aliphatic rings. The number of hydrogen-bond acceptors (Lipinski definition) is 4. The van der Waals surface area contributed by atoms with E-state index in [2.05, 4.69) is 15.4 Å². The lowest BCUT2D eigenvalue weighted by Gasteiger charge is -2.39. The number of halogens is 3. The maximum atomic E-state index is 12.9. The number of aromatic amines is 1. The van der Waals surface area contributed by atoms with Crippen molar-refractivity contribution in [3.8, 4) is 5.75 Å². The van der Waals surface area contributed by atoms with E-state index < -0.39 is 18.7 Å². The van der Waals surface area contributed by atoms with Crippen LogP contribution in [0, 0.1) is 0 Å². The number of nitrogens with zero attached hydrogens (tertiary/aromatic N) is 3. The van der Waals surface area contributed by atoms with Crippen LogP contribution in [-0.4, -0.2) is 58.0 Å². The molecular weight excluding hydrogens is 361 g/mol. The van der Waals surface area contributed by atoms with Crippen molar-refractivity contribution >= 4 is 5.91 Å². The molecule has 0 saturated carbocycles. The van der Waals surface area contributed by atoms with Crippen LogP contribution in [0.1, 0.15) is 30.5 Å². The molecule has 6 nitrogen and oxygen atoms in total. The molecule has 1 aromatic heterocycles. The van der Waals surface area contributed by atoms with Crippen molar-refractivity contribution in [3.05, 3.63) is 41.7 Å². The third kappa shape index (κ3) is 4.40. The van der Waals surface area contributed by atoms with E-state index in [0.29, 0.717) is 25.9 Å². The predicted molar refractivity (Wildman–Crippen MR) is 91.5 cm³/mol. The fourth-order valence-corrected chi connectivity index (χ4v) is 2.84.